The third-order valence-electron chi connectivity index (χ3n) is 3.99. The van der Waals surface area contributed by atoms with Crippen molar-refractivity contribution in [3.8, 4) is 0 Å². The van der Waals surface area contributed by atoms with E-state index in [-0.39, 0.29) is 10.9 Å². The number of hydrogen-bond donors (Lipinski definition) is 2. The molecule has 1 aromatic rings. The molecule has 0 amide bonds. The van der Waals surface area contributed by atoms with E-state index in [0.717, 1.165) is 30.0 Å². The van der Waals surface area contributed by atoms with E-state index < -0.39 is 5.97 Å². The predicted octanol–water partition coefficient (Wildman–Crippen LogP) is 2.12. The van der Waals surface area contributed by atoms with Crippen LogP contribution in [0.25, 0.3) is 0 Å². The summed E-state index contributed by atoms with van der Waals surface area (Å²) in [6.07, 6.45) is 0.779. The minimum absolute atomic E-state index is 0.180. The Hall–Kier alpha value is -0.790. The summed E-state index contributed by atoms with van der Waals surface area (Å²) in [6, 6.07) is 0. The maximum atomic E-state index is 11.5. The smallest absolute Gasteiger partial charge is 0.354 e. The maximum absolute atomic E-state index is 11.5. The van der Waals surface area contributed by atoms with Gasteiger partial charge in [0.2, 0.25) is 0 Å². The molecule has 2 aliphatic rings. The van der Waals surface area contributed by atoms with Gasteiger partial charge < -0.3 is 10.4 Å². The lowest BCUT2D eigenvalue weighted by Crippen LogP contribution is -2.30. The first-order valence-corrected chi connectivity index (χ1v) is 9.16. The number of fused-ring (bicyclic) bond motifs is 1. The van der Waals surface area contributed by atoms with Gasteiger partial charge >= 0.3 is 5.97 Å². The Balaban J connectivity index is 1.96. The van der Waals surface area contributed by atoms with Crippen LogP contribution in [0.3, 0.4) is 0 Å². The number of aromatic carboxylic acids is 1. The topological polar surface area (TPSA) is 75.1 Å². The fourth-order valence-electron chi connectivity index (χ4n) is 2.60. The standard InChI is InChI=1S/C14H19N3O2S2/c1-7-8(2)21-11(6-20-7)13-16-10-3-4-15-5-9(10)12(17-13)14(18)19/h7-8,11,15H,3-6H2,1-2H3,(H,18,19). The molecule has 1 fully saturated rings. The summed E-state index contributed by atoms with van der Waals surface area (Å²) >= 11 is 3.78. The third-order valence-corrected chi connectivity index (χ3v) is 7.38. The summed E-state index contributed by atoms with van der Waals surface area (Å²) in [4.78, 5) is 20.6. The van der Waals surface area contributed by atoms with E-state index in [4.69, 9.17) is 4.98 Å². The van der Waals surface area contributed by atoms with E-state index in [1.54, 1.807) is 0 Å². The van der Waals surface area contributed by atoms with E-state index >= 15 is 0 Å². The van der Waals surface area contributed by atoms with Crippen LogP contribution in [0.1, 0.15) is 46.7 Å². The normalized spacial score (nSPS) is 29.0. The van der Waals surface area contributed by atoms with E-state index in [9.17, 15) is 9.90 Å². The summed E-state index contributed by atoms with van der Waals surface area (Å²) in [5.74, 6) is 0.699. The van der Waals surface area contributed by atoms with Gasteiger partial charge in [0.1, 0.15) is 5.82 Å². The summed E-state index contributed by atoms with van der Waals surface area (Å²) < 4.78 is 0. The molecule has 0 aliphatic carbocycles. The van der Waals surface area contributed by atoms with Crippen LogP contribution in [0.15, 0.2) is 0 Å². The molecule has 3 rings (SSSR count). The van der Waals surface area contributed by atoms with E-state index in [2.05, 4.69) is 24.1 Å². The quantitative estimate of drug-likeness (QED) is 0.862. The lowest BCUT2D eigenvalue weighted by atomic mass is 10.0. The number of aromatic nitrogens is 2. The molecular formula is C14H19N3O2S2. The van der Waals surface area contributed by atoms with Crippen molar-refractivity contribution in [3.63, 3.8) is 0 Å². The maximum Gasteiger partial charge on any atom is 0.354 e. The van der Waals surface area contributed by atoms with Crippen molar-refractivity contribution in [2.45, 2.75) is 42.6 Å². The second-order valence-corrected chi connectivity index (χ2v) is 8.45. The van der Waals surface area contributed by atoms with Crippen molar-refractivity contribution >= 4 is 29.5 Å². The van der Waals surface area contributed by atoms with Crippen LogP contribution < -0.4 is 5.32 Å². The monoisotopic (exact) mass is 325 g/mol. The van der Waals surface area contributed by atoms with Crippen molar-refractivity contribution in [3.05, 3.63) is 22.8 Å². The highest BCUT2D eigenvalue weighted by molar-refractivity contribution is 8.07. The molecule has 3 unspecified atom stereocenters. The first-order valence-electron chi connectivity index (χ1n) is 7.17. The van der Waals surface area contributed by atoms with Crippen LogP contribution in [0.2, 0.25) is 0 Å². The molecule has 1 aromatic heterocycles. The number of nitrogens with one attached hydrogen (secondary N) is 1. The van der Waals surface area contributed by atoms with Crippen LogP contribution in [-0.2, 0) is 13.0 Å². The molecule has 0 radical (unpaired) electrons. The molecule has 2 aliphatic heterocycles. The summed E-state index contributed by atoms with van der Waals surface area (Å²) in [5.41, 5.74) is 1.85. The van der Waals surface area contributed by atoms with Gasteiger partial charge in [0.25, 0.3) is 0 Å². The van der Waals surface area contributed by atoms with Gasteiger partial charge in [-0.3, -0.25) is 0 Å². The molecule has 0 saturated carbocycles. The first-order chi connectivity index (χ1) is 10.1. The lowest BCUT2D eigenvalue weighted by Gasteiger charge is -2.31. The molecule has 3 atom stereocenters. The Labute approximate surface area is 132 Å². The van der Waals surface area contributed by atoms with Gasteiger partial charge in [0, 0.05) is 41.3 Å². The fourth-order valence-corrected chi connectivity index (χ4v) is 5.45. The Morgan fingerprint density at radius 1 is 1.33 bits per heavy atom. The molecular weight excluding hydrogens is 306 g/mol. The number of hydrogen-bond acceptors (Lipinski definition) is 6. The third kappa shape index (κ3) is 3.05. The Kier molecular flexibility index (Phi) is 4.42. The molecule has 0 aromatic carbocycles. The first kappa shape index (κ1) is 15.1. The second kappa shape index (κ2) is 6.14. The fraction of sp³-hybridized carbons (Fsp3) is 0.643. The summed E-state index contributed by atoms with van der Waals surface area (Å²) in [7, 11) is 0. The van der Waals surface area contributed by atoms with Crippen molar-refractivity contribution in [1.82, 2.24) is 15.3 Å². The minimum atomic E-state index is -0.950. The van der Waals surface area contributed by atoms with E-state index in [1.807, 2.05) is 23.5 Å². The molecule has 7 heteroatoms. The van der Waals surface area contributed by atoms with Crippen molar-refractivity contribution in [1.29, 1.82) is 0 Å². The van der Waals surface area contributed by atoms with E-state index in [0.29, 0.717) is 22.9 Å². The van der Waals surface area contributed by atoms with Gasteiger partial charge in [-0.25, -0.2) is 14.8 Å². The molecule has 1 saturated heterocycles. The number of rotatable bonds is 2. The molecule has 0 spiro atoms. The predicted molar refractivity (Wildman–Crippen MR) is 86.1 cm³/mol. The van der Waals surface area contributed by atoms with Gasteiger partial charge in [-0.05, 0) is 0 Å². The van der Waals surface area contributed by atoms with Gasteiger partial charge in [-0.15, -0.1) is 11.8 Å². The molecule has 3 heterocycles. The van der Waals surface area contributed by atoms with Gasteiger partial charge in [0.15, 0.2) is 5.69 Å². The largest absolute Gasteiger partial charge is 0.476 e. The minimum Gasteiger partial charge on any atom is -0.476 e. The van der Waals surface area contributed by atoms with Crippen LogP contribution in [0.4, 0.5) is 0 Å². The zero-order valence-corrected chi connectivity index (χ0v) is 13.8. The second-order valence-electron chi connectivity index (χ2n) is 5.46. The van der Waals surface area contributed by atoms with E-state index in [1.165, 1.54) is 0 Å². The summed E-state index contributed by atoms with van der Waals surface area (Å²) in [6.45, 7) is 5.86. The zero-order valence-electron chi connectivity index (χ0n) is 12.1. The highest BCUT2D eigenvalue weighted by Crippen LogP contribution is 2.43. The summed E-state index contributed by atoms with van der Waals surface area (Å²) in [5, 5.41) is 14.0. The van der Waals surface area contributed by atoms with Crippen molar-refractivity contribution < 1.29 is 9.90 Å². The Morgan fingerprint density at radius 3 is 2.86 bits per heavy atom. The van der Waals surface area contributed by atoms with Crippen LogP contribution in [-0.4, -0.2) is 43.8 Å². The number of nitrogens with zero attached hydrogens (tertiary/aromatic N) is 2. The van der Waals surface area contributed by atoms with Crippen LogP contribution >= 0.6 is 23.5 Å². The molecule has 21 heavy (non-hydrogen) atoms. The van der Waals surface area contributed by atoms with Crippen molar-refractivity contribution in [2.75, 3.05) is 12.3 Å². The average Bonchev–Trinajstić information content (AvgIpc) is 2.48. The van der Waals surface area contributed by atoms with Crippen LogP contribution in [0.5, 0.6) is 0 Å². The molecule has 0 bridgehead atoms. The molecule has 5 nitrogen and oxygen atoms in total. The average molecular weight is 325 g/mol. The number of thioether (sulfide) groups is 2. The SMILES string of the molecule is CC1SCC(c2nc3c(c(C(=O)O)n2)CNCC3)SC1C. The highest BCUT2D eigenvalue weighted by atomic mass is 32.2. The Bertz CT molecular complexity index is 567. The highest BCUT2D eigenvalue weighted by Gasteiger charge is 2.31. The number of carboxylic acid groups (broad SMARTS) is 1. The Morgan fingerprint density at radius 2 is 2.14 bits per heavy atom. The zero-order chi connectivity index (χ0) is 15.0. The van der Waals surface area contributed by atoms with Crippen LogP contribution in [0, 0.1) is 0 Å². The van der Waals surface area contributed by atoms with Gasteiger partial charge in [-0.2, -0.15) is 11.8 Å². The molecule has 114 valence electrons. The van der Waals surface area contributed by atoms with Gasteiger partial charge in [-0.1, -0.05) is 13.8 Å². The number of carbonyl (C=O) groups is 1. The van der Waals surface area contributed by atoms with Crippen molar-refractivity contribution in [2.24, 2.45) is 0 Å². The lowest BCUT2D eigenvalue weighted by molar-refractivity contribution is 0.0688. The molecule has 2 N–H and O–H groups in total. The van der Waals surface area contributed by atoms with Gasteiger partial charge in [0.05, 0.1) is 10.9 Å². The number of carboxylic acids is 1.